The highest BCUT2D eigenvalue weighted by Gasteiger charge is 2.16. The number of unbranched alkanes of at least 4 members (excludes halogenated alkanes) is 1. The number of halogens is 1. The number of ether oxygens (including phenoxy) is 2. The minimum absolute atomic E-state index is 0.301. The first-order valence-electron chi connectivity index (χ1n) is 10.2. The highest BCUT2D eigenvalue weighted by atomic mass is 79.9. The maximum atomic E-state index is 11.8. The van der Waals surface area contributed by atoms with Crippen LogP contribution in [0.1, 0.15) is 46.4 Å². The van der Waals surface area contributed by atoms with Gasteiger partial charge in [-0.05, 0) is 58.7 Å². The quantitative estimate of drug-likeness (QED) is 0.452. The number of imidazole rings is 1. The Bertz CT molecular complexity index is 1030. The van der Waals surface area contributed by atoms with Crippen molar-refractivity contribution in [1.29, 1.82) is 0 Å². The molecule has 1 aromatic carbocycles. The SMILES string of the molecule is CCOCc1nc2cnc3cc(Br)ccc3c2n1CCCCOC(=O)NC(C)(C)C. The number of hydrogen-bond acceptors (Lipinski definition) is 5. The summed E-state index contributed by atoms with van der Waals surface area (Å²) in [5, 5.41) is 3.86. The lowest BCUT2D eigenvalue weighted by Gasteiger charge is -2.19. The largest absolute Gasteiger partial charge is 0.450 e. The van der Waals surface area contributed by atoms with Gasteiger partial charge in [0.1, 0.15) is 17.9 Å². The molecular formula is C22H29BrN4O3. The minimum atomic E-state index is -0.379. The molecule has 0 spiro atoms. The molecule has 1 N–H and O–H groups in total. The molecule has 30 heavy (non-hydrogen) atoms. The summed E-state index contributed by atoms with van der Waals surface area (Å²) in [4.78, 5) is 21.1. The van der Waals surface area contributed by atoms with Gasteiger partial charge >= 0.3 is 6.09 Å². The van der Waals surface area contributed by atoms with Gasteiger partial charge in [0, 0.05) is 28.5 Å². The molecule has 1 amide bonds. The summed E-state index contributed by atoms with van der Waals surface area (Å²) >= 11 is 3.51. The fraction of sp³-hybridized carbons (Fsp3) is 0.500. The van der Waals surface area contributed by atoms with Crippen LogP contribution in [0, 0.1) is 0 Å². The van der Waals surface area contributed by atoms with Gasteiger partial charge in [0.15, 0.2) is 0 Å². The first kappa shape index (κ1) is 22.5. The fourth-order valence-corrected chi connectivity index (χ4v) is 3.61. The van der Waals surface area contributed by atoms with Crippen molar-refractivity contribution in [3.63, 3.8) is 0 Å². The molecule has 0 atom stereocenters. The first-order chi connectivity index (χ1) is 14.3. The van der Waals surface area contributed by atoms with Crippen molar-refractivity contribution in [3.05, 3.63) is 34.7 Å². The predicted molar refractivity (Wildman–Crippen MR) is 122 cm³/mol. The van der Waals surface area contributed by atoms with E-state index in [0.29, 0.717) is 19.8 Å². The lowest BCUT2D eigenvalue weighted by molar-refractivity contribution is 0.125. The Labute approximate surface area is 185 Å². The van der Waals surface area contributed by atoms with Crippen molar-refractivity contribution in [3.8, 4) is 0 Å². The molecular weight excluding hydrogens is 448 g/mol. The van der Waals surface area contributed by atoms with Crippen molar-refractivity contribution in [2.45, 2.75) is 59.2 Å². The molecule has 2 aromatic heterocycles. The van der Waals surface area contributed by atoms with E-state index >= 15 is 0 Å². The van der Waals surface area contributed by atoms with Gasteiger partial charge in [-0.2, -0.15) is 0 Å². The van der Waals surface area contributed by atoms with Crippen LogP contribution in [0.3, 0.4) is 0 Å². The summed E-state index contributed by atoms with van der Waals surface area (Å²) in [5.41, 5.74) is 2.54. The Hall–Kier alpha value is -2.19. The van der Waals surface area contributed by atoms with Crippen LogP contribution in [0.15, 0.2) is 28.9 Å². The summed E-state index contributed by atoms with van der Waals surface area (Å²) in [6.45, 7) is 9.98. The molecule has 7 nitrogen and oxygen atoms in total. The maximum Gasteiger partial charge on any atom is 0.407 e. The van der Waals surface area contributed by atoms with Gasteiger partial charge in [0.2, 0.25) is 0 Å². The molecule has 2 heterocycles. The number of fused-ring (bicyclic) bond motifs is 3. The third-order valence-electron chi connectivity index (χ3n) is 4.54. The van der Waals surface area contributed by atoms with Crippen LogP contribution in [0.4, 0.5) is 4.79 Å². The summed E-state index contributed by atoms with van der Waals surface area (Å²) in [5.74, 6) is 0.885. The smallest absolute Gasteiger partial charge is 0.407 e. The number of carbonyl (C=O) groups is 1. The van der Waals surface area contributed by atoms with Crippen molar-refractivity contribution in [2.24, 2.45) is 0 Å². The zero-order chi connectivity index (χ0) is 21.7. The maximum absolute atomic E-state index is 11.8. The van der Waals surface area contributed by atoms with Gasteiger partial charge < -0.3 is 19.4 Å². The molecule has 0 unspecified atom stereocenters. The van der Waals surface area contributed by atoms with Crippen LogP contribution in [0.5, 0.6) is 0 Å². The molecule has 0 radical (unpaired) electrons. The Balaban J connectivity index is 1.75. The minimum Gasteiger partial charge on any atom is -0.450 e. The fourth-order valence-electron chi connectivity index (χ4n) is 3.26. The van der Waals surface area contributed by atoms with Crippen LogP contribution in [0.2, 0.25) is 0 Å². The molecule has 162 valence electrons. The summed E-state index contributed by atoms with van der Waals surface area (Å²) in [7, 11) is 0. The molecule has 0 aliphatic heterocycles. The van der Waals surface area contributed by atoms with E-state index in [2.05, 4.69) is 36.9 Å². The lowest BCUT2D eigenvalue weighted by atomic mass is 10.1. The lowest BCUT2D eigenvalue weighted by Crippen LogP contribution is -2.41. The molecule has 3 rings (SSSR count). The summed E-state index contributed by atoms with van der Waals surface area (Å²) < 4.78 is 14.1. The van der Waals surface area contributed by atoms with Crippen LogP contribution in [-0.2, 0) is 22.6 Å². The topological polar surface area (TPSA) is 78.3 Å². The number of nitrogens with one attached hydrogen (secondary N) is 1. The second kappa shape index (κ2) is 9.75. The number of rotatable bonds is 8. The Morgan fingerprint density at radius 2 is 2.03 bits per heavy atom. The zero-order valence-corrected chi connectivity index (χ0v) is 19.6. The number of benzene rings is 1. The van der Waals surface area contributed by atoms with Crippen LogP contribution >= 0.6 is 15.9 Å². The van der Waals surface area contributed by atoms with Crippen molar-refractivity contribution < 1.29 is 14.3 Å². The Morgan fingerprint density at radius 3 is 2.77 bits per heavy atom. The summed E-state index contributed by atoms with van der Waals surface area (Å²) in [6, 6.07) is 6.10. The standard InChI is InChI=1S/C22H29BrN4O3/c1-5-29-14-19-25-18-13-24-17-12-15(23)8-9-16(17)20(18)27(19)10-6-7-11-30-21(28)26-22(2,3)4/h8-9,12-13H,5-7,10-11,14H2,1-4H3,(H,26,28). The molecule has 0 aliphatic rings. The van der Waals surface area contributed by atoms with E-state index < -0.39 is 0 Å². The monoisotopic (exact) mass is 476 g/mol. The third kappa shape index (κ3) is 5.70. The van der Waals surface area contributed by atoms with Gasteiger partial charge in [0.25, 0.3) is 0 Å². The molecule has 8 heteroatoms. The Morgan fingerprint density at radius 1 is 1.23 bits per heavy atom. The second-order valence-corrected chi connectivity index (χ2v) is 9.10. The molecule has 3 aromatic rings. The van der Waals surface area contributed by atoms with Crippen LogP contribution < -0.4 is 5.32 Å². The highest BCUT2D eigenvalue weighted by Crippen LogP contribution is 2.27. The van der Waals surface area contributed by atoms with E-state index in [1.165, 1.54) is 0 Å². The number of hydrogen-bond donors (Lipinski definition) is 1. The third-order valence-corrected chi connectivity index (χ3v) is 5.03. The second-order valence-electron chi connectivity index (χ2n) is 8.19. The van der Waals surface area contributed by atoms with E-state index in [0.717, 1.165) is 51.6 Å². The number of nitrogens with zero attached hydrogens (tertiary/aromatic N) is 3. The van der Waals surface area contributed by atoms with Gasteiger partial charge in [-0.1, -0.05) is 15.9 Å². The average Bonchev–Trinajstić information content (AvgIpc) is 3.02. The predicted octanol–water partition coefficient (Wildman–Crippen LogP) is 5.19. The molecule has 0 saturated carbocycles. The van der Waals surface area contributed by atoms with E-state index in [9.17, 15) is 4.79 Å². The highest BCUT2D eigenvalue weighted by molar-refractivity contribution is 9.10. The zero-order valence-electron chi connectivity index (χ0n) is 18.0. The number of pyridine rings is 1. The normalized spacial score (nSPS) is 11.9. The molecule has 0 bridgehead atoms. The van der Waals surface area contributed by atoms with Gasteiger partial charge in [-0.3, -0.25) is 4.98 Å². The van der Waals surface area contributed by atoms with Crippen LogP contribution in [-0.4, -0.2) is 39.4 Å². The van der Waals surface area contributed by atoms with Crippen molar-refractivity contribution >= 4 is 44.0 Å². The van der Waals surface area contributed by atoms with Crippen LogP contribution in [0.25, 0.3) is 21.9 Å². The van der Waals surface area contributed by atoms with Crippen molar-refractivity contribution in [2.75, 3.05) is 13.2 Å². The van der Waals surface area contributed by atoms with Gasteiger partial charge in [-0.25, -0.2) is 9.78 Å². The number of alkyl carbamates (subject to hydrolysis) is 1. The average molecular weight is 477 g/mol. The number of amides is 1. The van der Waals surface area contributed by atoms with Gasteiger partial charge in [0.05, 0.1) is 23.8 Å². The van der Waals surface area contributed by atoms with E-state index in [1.54, 1.807) is 0 Å². The summed E-state index contributed by atoms with van der Waals surface area (Å²) in [6.07, 6.45) is 3.05. The Kier molecular flexibility index (Phi) is 7.31. The van der Waals surface area contributed by atoms with E-state index in [4.69, 9.17) is 14.5 Å². The molecule has 0 saturated heterocycles. The van der Waals surface area contributed by atoms with E-state index in [-0.39, 0.29) is 11.6 Å². The number of aryl methyl sites for hydroxylation is 1. The number of aromatic nitrogens is 3. The number of carbonyl (C=O) groups excluding carboxylic acids is 1. The van der Waals surface area contributed by atoms with E-state index in [1.807, 2.05) is 46.0 Å². The molecule has 0 aliphatic carbocycles. The molecule has 0 fully saturated rings. The van der Waals surface area contributed by atoms with Crippen molar-refractivity contribution in [1.82, 2.24) is 19.9 Å². The first-order valence-corrected chi connectivity index (χ1v) is 11.0. The van der Waals surface area contributed by atoms with Gasteiger partial charge in [-0.15, -0.1) is 0 Å².